The van der Waals surface area contributed by atoms with Gasteiger partial charge in [0.2, 0.25) is 5.91 Å². The van der Waals surface area contributed by atoms with Crippen molar-refractivity contribution in [3.63, 3.8) is 0 Å². The topological polar surface area (TPSA) is 33.4 Å². The summed E-state index contributed by atoms with van der Waals surface area (Å²) in [5.74, 6) is 0.173. The Labute approximate surface area is 163 Å². The number of rotatable bonds is 3. The molecule has 2 aromatic heterocycles. The Kier molecular flexibility index (Phi) is 3.19. The standard InChI is InChI=1S/C23H22N4O/c1-24-12-13-26-18(14-17-5-3-6-19(24)23(17)26)9-11-27-20-7-2-4-16-8-10-25(22(16)20)15-21(27)28/h2-8,10,14H,9,11-13,15H2,1H3. The van der Waals surface area contributed by atoms with E-state index in [2.05, 4.69) is 63.5 Å². The third-order valence-electron chi connectivity index (χ3n) is 6.31. The van der Waals surface area contributed by atoms with Crippen molar-refractivity contribution >= 4 is 39.1 Å². The summed E-state index contributed by atoms with van der Waals surface area (Å²) in [7, 11) is 2.16. The molecule has 0 aliphatic carbocycles. The number of aromatic nitrogens is 2. The number of benzene rings is 2. The molecule has 0 saturated carbocycles. The van der Waals surface area contributed by atoms with Crippen molar-refractivity contribution in [3.8, 4) is 0 Å². The Bertz CT molecular complexity index is 1250. The first kappa shape index (κ1) is 15.8. The van der Waals surface area contributed by atoms with Crippen LogP contribution in [0.1, 0.15) is 5.69 Å². The van der Waals surface area contributed by atoms with E-state index in [0.29, 0.717) is 13.1 Å². The van der Waals surface area contributed by atoms with Gasteiger partial charge in [0.05, 0.1) is 22.4 Å². The average molecular weight is 370 g/mol. The number of likely N-dealkylation sites (N-methyl/N-ethyl adjacent to an activating group) is 1. The van der Waals surface area contributed by atoms with Crippen LogP contribution in [0.2, 0.25) is 0 Å². The summed E-state index contributed by atoms with van der Waals surface area (Å²) < 4.78 is 4.52. The fraction of sp³-hybridized carbons (Fsp3) is 0.261. The predicted molar refractivity (Wildman–Crippen MR) is 113 cm³/mol. The molecule has 4 heterocycles. The maximum absolute atomic E-state index is 12.8. The van der Waals surface area contributed by atoms with Crippen molar-refractivity contribution in [1.82, 2.24) is 9.13 Å². The Balaban J connectivity index is 1.38. The molecule has 0 bridgehead atoms. The summed E-state index contributed by atoms with van der Waals surface area (Å²) in [5.41, 5.74) is 6.15. The lowest BCUT2D eigenvalue weighted by atomic mass is 10.1. The SMILES string of the molecule is CN1CCn2c(CCN3C(=O)Cn4ccc5cccc3c54)cc3cccc1c32. The number of carbonyl (C=O) groups excluding carboxylic acids is 1. The molecule has 140 valence electrons. The zero-order chi connectivity index (χ0) is 18.8. The third-order valence-corrected chi connectivity index (χ3v) is 6.31. The van der Waals surface area contributed by atoms with Gasteiger partial charge >= 0.3 is 0 Å². The molecule has 28 heavy (non-hydrogen) atoms. The number of nitrogens with zero attached hydrogens (tertiary/aromatic N) is 4. The van der Waals surface area contributed by atoms with Crippen LogP contribution >= 0.6 is 0 Å². The normalized spacial score (nSPS) is 15.8. The van der Waals surface area contributed by atoms with E-state index >= 15 is 0 Å². The van der Waals surface area contributed by atoms with E-state index < -0.39 is 0 Å². The summed E-state index contributed by atoms with van der Waals surface area (Å²) in [4.78, 5) is 17.1. The summed E-state index contributed by atoms with van der Waals surface area (Å²) in [6.45, 7) is 3.16. The number of anilines is 2. The fourth-order valence-corrected chi connectivity index (χ4v) is 4.93. The summed E-state index contributed by atoms with van der Waals surface area (Å²) in [6, 6.07) is 17.2. The second-order valence-corrected chi connectivity index (χ2v) is 7.88. The Morgan fingerprint density at radius 3 is 2.64 bits per heavy atom. The van der Waals surface area contributed by atoms with Gasteiger partial charge in [-0.05, 0) is 24.3 Å². The molecule has 2 aliphatic rings. The van der Waals surface area contributed by atoms with Gasteiger partial charge in [-0.2, -0.15) is 0 Å². The number of hydrogen-bond acceptors (Lipinski definition) is 2. The molecule has 5 heteroatoms. The molecule has 2 aliphatic heterocycles. The first-order valence-corrected chi connectivity index (χ1v) is 9.91. The lowest BCUT2D eigenvalue weighted by molar-refractivity contribution is -0.119. The highest BCUT2D eigenvalue weighted by Gasteiger charge is 2.26. The van der Waals surface area contributed by atoms with Crippen LogP contribution in [0.3, 0.4) is 0 Å². The van der Waals surface area contributed by atoms with E-state index in [4.69, 9.17) is 0 Å². The lowest BCUT2D eigenvalue weighted by Crippen LogP contribution is -2.39. The summed E-state index contributed by atoms with van der Waals surface area (Å²) >= 11 is 0. The maximum Gasteiger partial charge on any atom is 0.246 e. The Hall–Kier alpha value is -3.21. The van der Waals surface area contributed by atoms with E-state index in [0.717, 1.165) is 25.2 Å². The van der Waals surface area contributed by atoms with Crippen LogP contribution in [0.4, 0.5) is 11.4 Å². The molecule has 0 atom stereocenters. The van der Waals surface area contributed by atoms with Crippen molar-refractivity contribution in [3.05, 3.63) is 60.4 Å². The lowest BCUT2D eigenvalue weighted by Gasteiger charge is -2.30. The second kappa shape index (κ2) is 5.64. The van der Waals surface area contributed by atoms with Crippen molar-refractivity contribution < 1.29 is 4.79 Å². The molecule has 5 nitrogen and oxygen atoms in total. The van der Waals surface area contributed by atoms with E-state index in [1.54, 1.807) is 0 Å². The summed E-state index contributed by atoms with van der Waals surface area (Å²) in [6.07, 6.45) is 2.88. The van der Waals surface area contributed by atoms with E-state index in [-0.39, 0.29) is 5.91 Å². The first-order valence-electron chi connectivity index (χ1n) is 9.91. The Morgan fingerprint density at radius 2 is 1.75 bits per heavy atom. The number of carbonyl (C=O) groups is 1. The number of para-hydroxylation sites is 2. The second-order valence-electron chi connectivity index (χ2n) is 7.88. The van der Waals surface area contributed by atoms with E-state index in [1.807, 2.05) is 17.2 Å². The van der Waals surface area contributed by atoms with Gasteiger partial charge in [0.15, 0.2) is 0 Å². The van der Waals surface area contributed by atoms with Gasteiger partial charge in [-0.15, -0.1) is 0 Å². The largest absolute Gasteiger partial charge is 0.371 e. The van der Waals surface area contributed by atoms with Crippen LogP contribution in [0.25, 0.3) is 21.8 Å². The molecule has 6 rings (SSSR count). The molecule has 1 amide bonds. The molecule has 0 saturated heterocycles. The minimum absolute atomic E-state index is 0.173. The van der Waals surface area contributed by atoms with Gasteiger partial charge in [0.1, 0.15) is 6.54 Å². The molecule has 0 unspecified atom stereocenters. The molecule has 4 aromatic rings. The third kappa shape index (κ3) is 2.10. The van der Waals surface area contributed by atoms with Gasteiger partial charge in [-0.3, -0.25) is 4.79 Å². The van der Waals surface area contributed by atoms with Gasteiger partial charge < -0.3 is 18.9 Å². The zero-order valence-corrected chi connectivity index (χ0v) is 15.9. The smallest absolute Gasteiger partial charge is 0.246 e. The monoisotopic (exact) mass is 370 g/mol. The molecule has 0 fully saturated rings. The van der Waals surface area contributed by atoms with E-state index in [1.165, 1.54) is 33.2 Å². The highest BCUT2D eigenvalue weighted by atomic mass is 16.2. The van der Waals surface area contributed by atoms with E-state index in [9.17, 15) is 4.79 Å². The minimum Gasteiger partial charge on any atom is -0.371 e. The molecular weight excluding hydrogens is 348 g/mol. The van der Waals surface area contributed by atoms with Gasteiger partial charge in [-0.25, -0.2) is 0 Å². The molecule has 2 aromatic carbocycles. The highest BCUT2D eigenvalue weighted by molar-refractivity contribution is 6.06. The predicted octanol–water partition coefficient (Wildman–Crippen LogP) is 3.64. The van der Waals surface area contributed by atoms with Crippen LogP contribution in [0.5, 0.6) is 0 Å². The minimum atomic E-state index is 0.173. The zero-order valence-electron chi connectivity index (χ0n) is 15.9. The molecule has 0 radical (unpaired) electrons. The van der Waals surface area contributed by atoms with Crippen molar-refractivity contribution in [2.45, 2.75) is 19.5 Å². The van der Waals surface area contributed by atoms with Crippen LogP contribution in [0.15, 0.2) is 54.7 Å². The van der Waals surface area contributed by atoms with Gasteiger partial charge in [-0.1, -0.05) is 24.3 Å². The maximum atomic E-state index is 12.8. The first-order chi connectivity index (χ1) is 13.7. The fourth-order valence-electron chi connectivity index (χ4n) is 4.93. The van der Waals surface area contributed by atoms with Crippen LogP contribution in [-0.2, 0) is 24.3 Å². The molecular formula is C23H22N4O. The number of hydrogen-bond donors (Lipinski definition) is 0. The summed E-state index contributed by atoms with van der Waals surface area (Å²) in [5, 5.41) is 2.49. The Morgan fingerprint density at radius 1 is 0.929 bits per heavy atom. The van der Waals surface area contributed by atoms with Crippen molar-refractivity contribution in [2.75, 3.05) is 29.9 Å². The van der Waals surface area contributed by atoms with Crippen molar-refractivity contribution in [1.29, 1.82) is 0 Å². The molecule has 0 N–H and O–H groups in total. The molecule has 0 spiro atoms. The van der Waals surface area contributed by atoms with Gasteiger partial charge in [0, 0.05) is 55.8 Å². The highest BCUT2D eigenvalue weighted by Crippen LogP contribution is 2.34. The van der Waals surface area contributed by atoms with Crippen LogP contribution in [-0.4, -0.2) is 35.2 Å². The number of amides is 1. The van der Waals surface area contributed by atoms with Crippen LogP contribution < -0.4 is 9.80 Å². The average Bonchev–Trinajstić information content (AvgIpc) is 3.28. The van der Waals surface area contributed by atoms with Crippen LogP contribution in [0, 0.1) is 0 Å². The van der Waals surface area contributed by atoms with Crippen molar-refractivity contribution in [2.24, 2.45) is 0 Å². The quantitative estimate of drug-likeness (QED) is 0.552. The van der Waals surface area contributed by atoms with Gasteiger partial charge in [0.25, 0.3) is 0 Å².